The van der Waals surface area contributed by atoms with Crippen LogP contribution in [-0.2, 0) is 9.59 Å². The first-order valence-electron chi connectivity index (χ1n) is 4.93. The van der Waals surface area contributed by atoms with E-state index in [1.807, 2.05) is 0 Å². The van der Waals surface area contributed by atoms with Crippen molar-refractivity contribution in [3.05, 3.63) is 0 Å². The number of alkyl halides is 3. The monoisotopic (exact) mass is 255 g/mol. The van der Waals surface area contributed by atoms with Gasteiger partial charge < -0.3 is 15.5 Å². The molecule has 0 aliphatic rings. The largest absolute Gasteiger partial charge is 0.405 e. The molecular formula is C9H16F3N3O2. The topological polar surface area (TPSA) is 61.4 Å². The van der Waals surface area contributed by atoms with Crippen molar-refractivity contribution in [1.82, 2.24) is 15.5 Å². The molecule has 8 heteroatoms. The van der Waals surface area contributed by atoms with E-state index in [9.17, 15) is 22.8 Å². The summed E-state index contributed by atoms with van der Waals surface area (Å²) in [4.78, 5) is 23.6. The van der Waals surface area contributed by atoms with E-state index in [1.165, 1.54) is 7.05 Å². The molecule has 1 atom stereocenters. The Morgan fingerprint density at radius 1 is 1.35 bits per heavy atom. The summed E-state index contributed by atoms with van der Waals surface area (Å²) in [5.74, 6) is -1.21. The minimum atomic E-state index is -4.45. The summed E-state index contributed by atoms with van der Waals surface area (Å²) in [5, 5.41) is 4.36. The van der Waals surface area contributed by atoms with E-state index in [0.717, 1.165) is 4.90 Å². The Kier molecular flexibility index (Phi) is 5.94. The molecule has 100 valence electrons. The van der Waals surface area contributed by atoms with Crippen LogP contribution in [0.4, 0.5) is 13.2 Å². The van der Waals surface area contributed by atoms with E-state index in [4.69, 9.17) is 0 Å². The van der Waals surface area contributed by atoms with E-state index < -0.39 is 31.2 Å². The lowest BCUT2D eigenvalue weighted by atomic mass is 10.3. The van der Waals surface area contributed by atoms with Crippen molar-refractivity contribution in [2.75, 3.05) is 27.2 Å². The van der Waals surface area contributed by atoms with Crippen LogP contribution in [0, 0.1) is 0 Å². The Labute approximate surface area is 97.3 Å². The Bertz CT molecular complexity index is 281. The van der Waals surface area contributed by atoms with Crippen molar-refractivity contribution < 1.29 is 22.8 Å². The molecule has 0 aliphatic carbocycles. The number of hydrogen-bond donors (Lipinski definition) is 2. The van der Waals surface area contributed by atoms with Crippen LogP contribution in [0.25, 0.3) is 0 Å². The summed E-state index contributed by atoms with van der Waals surface area (Å²) in [6.07, 6.45) is -4.45. The summed E-state index contributed by atoms with van der Waals surface area (Å²) in [5.41, 5.74) is 0. The summed E-state index contributed by atoms with van der Waals surface area (Å²) in [7, 11) is 2.92. The van der Waals surface area contributed by atoms with Crippen molar-refractivity contribution in [3.63, 3.8) is 0 Å². The number of nitrogens with zero attached hydrogens (tertiary/aromatic N) is 1. The molecule has 2 N–H and O–H groups in total. The van der Waals surface area contributed by atoms with Gasteiger partial charge in [0, 0.05) is 7.05 Å². The lowest BCUT2D eigenvalue weighted by molar-refractivity contribution is -0.142. The molecule has 17 heavy (non-hydrogen) atoms. The average Bonchev–Trinajstić information content (AvgIpc) is 2.23. The van der Waals surface area contributed by atoms with Gasteiger partial charge in [-0.25, -0.2) is 0 Å². The van der Waals surface area contributed by atoms with E-state index in [2.05, 4.69) is 5.32 Å². The third kappa shape index (κ3) is 6.77. The molecule has 0 fully saturated rings. The minimum absolute atomic E-state index is 0.366. The highest BCUT2D eigenvalue weighted by Crippen LogP contribution is 2.11. The molecule has 0 saturated heterocycles. The average molecular weight is 255 g/mol. The number of nitrogens with one attached hydrogen (secondary N) is 2. The van der Waals surface area contributed by atoms with Crippen molar-refractivity contribution in [1.29, 1.82) is 0 Å². The maximum atomic E-state index is 11.8. The van der Waals surface area contributed by atoms with Crippen molar-refractivity contribution in [3.8, 4) is 0 Å². The predicted octanol–water partition coefficient (Wildman–Crippen LogP) is -0.269. The Morgan fingerprint density at radius 3 is 2.29 bits per heavy atom. The van der Waals surface area contributed by atoms with Gasteiger partial charge in [0.05, 0.1) is 12.6 Å². The number of hydrogen-bond acceptors (Lipinski definition) is 3. The predicted molar refractivity (Wildman–Crippen MR) is 55.2 cm³/mol. The standard InChI is InChI=1S/C9H16F3N3O2/c1-6(13-2)8(17)15(3)4-7(16)14-5-9(10,11)12/h6,13H,4-5H2,1-3H3,(H,14,16). The van der Waals surface area contributed by atoms with Gasteiger partial charge in [-0.05, 0) is 14.0 Å². The molecule has 0 aromatic heterocycles. The number of amides is 2. The van der Waals surface area contributed by atoms with Gasteiger partial charge in [0.15, 0.2) is 0 Å². The highest BCUT2D eigenvalue weighted by molar-refractivity contribution is 5.87. The van der Waals surface area contributed by atoms with Crippen LogP contribution >= 0.6 is 0 Å². The molecule has 0 radical (unpaired) electrons. The quantitative estimate of drug-likeness (QED) is 0.711. The number of halogens is 3. The van der Waals surface area contributed by atoms with Crippen LogP contribution in [0.1, 0.15) is 6.92 Å². The lowest BCUT2D eigenvalue weighted by Gasteiger charge is -2.20. The number of carbonyl (C=O) groups is 2. The van der Waals surface area contributed by atoms with Gasteiger partial charge >= 0.3 is 6.18 Å². The second-order valence-electron chi connectivity index (χ2n) is 3.60. The molecule has 0 aromatic carbocycles. The molecule has 0 saturated carbocycles. The molecule has 0 rings (SSSR count). The highest BCUT2D eigenvalue weighted by atomic mass is 19.4. The molecule has 0 heterocycles. The Balaban J connectivity index is 4.08. The second-order valence-corrected chi connectivity index (χ2v) is 3.60. The molecule has 0 bridgehead atoms. The highest BCUT2D eigenvalue weighted by Gasteiger charge is 2.28. The number of rotatable bonds is 5. The second kappa shape index (κ2) is 6.43. The Morgan fingerprint density at radius 2 is 1.88 bits per heavy atom. The van der Waals surface area contributed by atoms with Crippen molar-refractivity contribution in [2.45, 2.75) is 19.1 Å². The van der Waals surface area contributed by atoms with Crippen LogP contribution in [0.3, 0.4) is 0 Å². The van der Waals surface area contributed by atoms with Crippen LogP contribution < -0.4 is 10.6 Å². The zero-order valence-electron chi connectivity index (χ0n) is 9.89. The van der Waals surface area contributed by atoms with Gasteiger partial charge in [0.25, 0.3) is 0 Å². The first-order chi connectivity index (χ1) is 7.67. The van der Waals surface area contributed by atoms with Crippen molar-refractivity contribution in [2.24, 2.45) is 0 Å². The summed E-state index contributed by atoms with van der Waals surface area (Å²) in [6.45, 7) is -0.206. The van der Waals surface area contributed by atoms with Crippen LogP contribution in [0.5, 0.6) is 0 Å². The van der Waals surface area contributed by atoms with Gasteiger partial charge in [-0.15, -0.1) is 0 Å². The smallest absolute Gasteiger partial charge is 0.345 e. The fourth-order valence-electron chi connectivity index (χ4n) is 1.00. The summed E-state index contributed by atoms with van der Waals surface area (Å²) >= 11 is 0. The zero-order chi connectivity index (χ0) is 13.6. The van der Waals surface area contributed by atoms with E-state index >= 15 is 0 Å². The van der Waals surface area contributed by atoms with Gasteiger partial charge in [-0.2, -0.15) is 13.2 Å². The fraction of sp³-hybridized carbons (Fsp3) is 0.778. The van der Waals surface area contributed by atoms with Crippen LogP contribution in [0.2, 0.25) is 0 Å². The van der Waals surface area contributed by atoms with Gasteiger partial charge in [-0.3, -0.25) is 9.59 Å². The van der Waals surface area contributed by atoms with E-state index in [0.29, 0.717) is 0 Å². The third-order valence-corrected chi connectivity index (χ3v) is 2.05. The summed E-state index contributed by atoms with van der Waals surface area (Å²) in [6, 6.07) is -0.490. The van der Waals surface area contributed by atoms with Crippen LogP contribution in [-0.4, -0.2) is 56.1 Å². The molecule has 0 aromatic rings. The fourth-order valence-corrected chi connectivity index (χ4v) is 1.00. The maximum Gasteiger partial charge on any atom is 0.405 e. The SMILES string of the molecule is CNC(C)C(=O)N(C)CC(=O)NCC(F)(F)F. The lowest BCUT2D eigenvalue weighted by Crippen LogP contribution is -2.46. The minimum Gasteiger partial charge on any atom is -0.345 e. The molecule has 0 spiro atoms. The maximum absolute atomic E-state index is 11.8. The van der Waals surface area contributed by atoms with Crippen molar-refractivity contribution >= 4 is 11.8 Å². The van der Waals surface area contributed by atoms with Gasteiger partial charge in [-0.1, -0.05) is 0 Å². The van der Waals surface area contributed by atoms with E-state index in [1.54, 1.807) is 19.3 Å². The Hall–Kier alpha value is -1.31. The molecule has 2 amide bonds. The first kappa shape index (κ1) is 15.7. The molecular weight excluding hydrogens is 239 g/mol. The third-order valence-electron chi connectivity index (χ3n) is 2.05. The van der Waals surface area contributed by atoms with E-state index in [-0.39, 0.29) is 5.91 Å². The molecule has 0 aliphatic heterocycles. The first-order valence-corrected chi connectivity index (χ1v) is 4.93. The number of carbonyl (C=O) groups excluding carboxylic acids is 2. The zero-order valence-corrected chi connectivity index (χ0v) is 9.89. The molecule has 1 unspecified atom stereocenters. The normalized spacial score (nSPS) is 13.1. The van der Waals surface area contributed by atoms with Crippen LogP contribution in [0.15, 0.2) is 0 Å². The van der Waals surface area contributed by atoms with Gasteiger partial charge in [0.2, 0.25) is 11.8 Å². The number of likely N-dealkylation sites (N-methyl/N-ethyl adjacent to an activating group) is 2. The summed E-state index contributed by atoms with van der Waals surface area (Å²) < 4.78 is 35.4. The molecule has 5 nitrogen and oxygen atoms in total. The van der Waals surface area contributed by atoms with Gasteiger partial charge in [0.1, 0.15) is 6.54 Å².